The van der Waals surface area contributed by atoms with Crippen LogP contribution in [-0.2, 0) is 28.6 Å². The Kier molecular flexibility index (Phi) is 24.2. The van der Waals surface area contributed by atoms with Crippen molar-refractivity contribution < 1.29 is 42.9 Å². The molecule has 0 unspecified atom stereocenters. The molecule has 0 N–H and O–H groups in total. The third-order valence-electron chi connectivity index (χ3n) is 10.0. The molecular formula is C48H64O9. The molecule has 0 bridgehead atoms. The van der Waals surface area contributed by atoms with Gasteiger partial charge in [-0.2, -0.15) is 0 Å². The molecule has 0 spiro atoms. The first-order valence-corrected chi connectivity index (χ1v) is 21.2. The van der Waals surface area contributed by atoms with E-state index in [2.05, 4.69) is 25.0 Å². The Morgan fingerprint density at radius 1 is 0.561 bits per heavy atom. The highest BCUT2D eigenvalue weighted by molar-refractivity contribution is 5.91. The van der Waals surface area contributed by atoms with Gasteiger partial charge in [0.1, 0.15) is 11.5 Å². The average Bonchev–Trinajstić information content (AvgIpc) is 3.23. The Hall–Kier alpha value is -4.68. The van der Waals surface area contributed by atoms with Crippen molar-refractivity contribution in [3.8, 4) is 23.3 Å². The van der Waals surface area contributed by atoms with Crippen LogP contribution in [0.5, 0.6) is 11.5 Å². The standard InChI is InChI=1S/C48H64O9/c1-3-45(49)54-37-21-17-13-8-5-7-11-15-19-23-39-24-26-40(27-25-39)47(51)56-43-32-34-44(35-33-43)57-48(52)41-28-30-42(31-29-41)53-36-20-16-12-9-6-10-14-18-22-38-55-46(50)4-2/h3-4,24-27,32-35,41-42H,1-2,5-18,20-22,28-31,36-38H2. The number of benzene rings is 2. The summed E-state index contributed by atoms with van der Waals surface area (Å²) in [6.45, 7) is 8.49. The second-order valence-electron chi connectivity index (χ2n) is 14.7. The van der Waals surface area contributed by atoms with E-state index >= 15 is 0 Å². The summed E-state index contributed by atoms with van der Waals surface area (Å²) >= 11 is 0. The molecule has 0 heterocycles. The topological polar surface area (TPSA) is 114 Å². The van der Waals surface area contributed by atoms with Crippen molar-refractivity contribution in [2.75, 3.05) is 19.8 Å². The predicted octanol–water partition coefficient (Wildman–Crippen LogP) is 10.8. The molecule has 9 nitrogen and oxygen atoms in total. The Bertz CT molecular complexity index is 1540. The maximum Gasteiger partial charge on any atom is 0.343 e. The molecule has 1 fully saturated rings. The summed E-state index contributed by atoms with van der Waals surface area (Å²) in [6, 6.07) is 13.6. The van der Waals surface area contributed by atoms with Gasteiger partial charge >= 0.3 is 23.9 Å². The molecular weight excluding hydrogens is 721 g/mol. The summed E-state index contributed by atoms with van der Waals surface area (Å²) in [4.78, 5) is 47.6. The van der Waals surface area contributed by atoms with Crippen molar-refractivity contribution >= 4 is 23.9 Å². The molecule has 0 radical (unpaired) electrons. The van der Waals surface area contributed by atoms with E-state index in [-0.39, 0.29) is 29.9 Å². The number of esters is 4. The second-order valence-corrected chi connectivity index (χ2v) is 14.7. The molecule has 9 heteroatoms. The molecule has 57 heavy (non-hydrogen) atoms. The molecule has 0 saturated heterocycles. The van der Waals surface area contributed by atoms with E-state index in [4.69, 9.17) is 23.7 Å². The monoisotopic (exact) mass is 784 g/mol. The van der Waals surface area contributed by atoms with Crippen LogP contribution in [0.2, 0.25) is 0 Å². The van der Waals surface area contributed by atoms with E-state index in [1.54, 1.807) is 36.4 Å². The van der Waals surface area contributed by atoms with Crippen LogP contribution in [-0.4, -0.2) is 49.8 Å². The van der Waals surface area contributed by atoms with Gasteiger partial charge < -0.3 is 23.7 Å². The number of rotatable bonds is 28. The van der Waals surface area contributed by atoms with Crippen molar-refractivity contribution in [1.82, 2.24) is 0 Å². The summed E-state index contributed by atoms with van der Waals surface area (Å²) in [5, 5.41) is 0. The summed E-state index contributed by atoms with van der Waals surface area (Å²) in [7, 11) is 0. The smallest absolute Gasteiger partial charge is 0.343 e. The Balaban J connectivity index is 1.20. The molecule has 0 atom stereocenters. The van der Waals surface area contributed by atoms with Crippen molar-refractivity contribution in [2.24, 2.45) is 5.92 Å². The van der Waals surface area contributed by atoms with E-state index in [0.29, 0.717) is 30.3 Å². The summed E-state index contributed by atoms with van der Waals surface area (Å²) in [5.41, 5.74) is 1.27. The minimum atomic E-state index is -0.471. The molecule has 0 aliphatic heterocycles. The fraction of sp³-hybridized carbons (Fsp3) is 0.542. The van der Waals surface area contributed by atoms with Gasteiger partial charge in [-0.05, 0) is 99.9 Å². The van der Waals surface area contributed by atoms with Crippen LogP contribution in [0.3, 0.4) is 0 Å². The van der Waals surface area contributed by atoms with Crippen molar-refractivity contribution in [1.29, 1.82) is 0 Å². The number of hydrogen-bond acceptors (Lipinski definition) is 9. The molecule has 1 aliphatic carbocycles. The summed E-state index contributed by atoms with van der Waals surface area (Å²) < 4.78 is 27.3. The lowest BCUT2D eigenvalue weighted by atomic mass is 9.87. The number of unbranched alkanes of at least 4 members (excludes halogenated alkanes) is 15. The lowest BCUT2D eigenvalue weighted by Crippen LogP contribution is -2.29. The SMILES string of the molecule is C=CC(=O)OCCCCCCCCCC#Cc1ccc(C(=O)Oc2ccc(OC(=O)C3CCC(OCCCCCCCCCCCOC(=O)C=C)CC3)cc2)cc1. The van der Waals surface area contributed by atoms with Crippen LogP contribution < -0.4 is 9.47 Å². The minimum absolute atomic E-state index is 0.146. The lowest BCUT2D eigenvalue weighted by Gasteiger charge is -2.27. The van der Waals surface area contributed by atoms with Crippen molar-refractivity contribution in [3.63, 3.8) is 0 Å². The second kappa shape index (κ2) is 29.5. The van der Waals surface area contributed by atoms with E-state index in [1.165, 1.54) is 63.5 Å². The quantitative estimate of drug-likeness (QED) is 0.0273. The van der Waals surface area contributed by atoms with Gasteiger partial charge in [-0.3, -0.25) is 4.79 Å². The molecule has 310 valence electrons. The summed E-state index contributed by atoms with van der Waals surface area (Å²) in [6.07, 6.45) is 24.6. The van der Waals surface area contributed by atoms with Gasteiger partial charge in [0.2, 0.25) is 0 Å². The zero-order valence-electron chi connectivity index (χ0n) is 34.0. The van der Waals surface area contributed by atoms with Crippen molar-refractivity contribution in [3.05, 3.63) is 85.0 Å². The normalized spacial score (nSPS) is 14.7. The fourth-order valence-corrected chi connectivity index (χ4v) is 6.61. The first-order chi connectivity index (χ1) is 27.9. The molecule has 0 aromatic heterocycles. The van der Waals surface area contributed by atoms with Gasteiger partial charge in [0.25, 0.3) is 0 Å². The number of hydrogen-bond donors (Lipinski definition) is 0. The highest BCUT2D eigenvalue weighted by atomic mass is 16.5. The molecule has 1 aliphatic rings. The number of carbonyl (C=O) groups is 4. The van der Waals surface area contributed by atoms with Crippen LogP contribution in [0, 0.1) is 17.8 Å². The fourth-order valence-electron chi connectivity index (χ4n) is 6.61. The average molecular weight is 785 g/mol. The van der Waals surface area contributed by atoms with Crippen LogP contribution in [0.25, 0.3) is 0 Å². The van der Waals surface area contributed by atoms with Gasteiger partial charge in [0.15, 0.2) is 0 Å². The van der Waals surface area contributed by atoms with E-state index < -0.39 is 5.97 Å². The van der Waals surface area contributed by atoms with Gasteiger partial charge in [0, 0.05) is 30.7 Å². The van der Waals surface area contributed by atoms with Gasteiger partial charge in [0.05, 0.1) is 30.8 Å². The maximum atomic E-state index is 12.9. The highest BCUT2D eigenvalue weighted by Gasteiger charge is 2.28. The first kappa shape index (κ1) is 46.7. The summed E-state index contributed by atoms with van der Waals surface area (Å²) in [5.74, 6) is 5.63. The van der Waals surface area contributed by atoms with Gasteiger partial charge in [-0.1, -0.05) is 102 Å². The lowest BCUT2D eigenvalue weighted by molar-refractivity contribution is -0.141. The Morgan fingerprint density at radius 3 is 1.53 bits per heavy atom. The zero-order valence-corrected chi connectivity index (χ0v) is 34.0. The third-order valence-corrected chi connectivity index (χ3v) is 10.0. The molecule has 1 saturated carbocycles. The Morgan fingerprint density at radius 2 is 1.02 bits per heavy atom. The Labute approximate surface area is 340 Å². The zero-order chi connectivity index (χ0) is 40.8. The number of ether oxygens (including phenoxy) is 5. The van der Waals surface area contributed by atoms with Crippen LogP contribution in [0.4, 0.5) is 0 Å². The van der Waals surface area contributed by atoms with Gasteiger partial charge in [-0.25, -0.2) is 14.4 Å². The molecule has 2 aromatic carbocycles. The molecule has 0 amide bonds. The van der Waals surface area contributed by atoms with Crippen LogP contribution in [0.1, 0.15) is 151 Å². The molecule has 3 rings (SSSR count). The van der Waals surface area contributed by atoms with Crippen LogP contribution >= 0.6 is 0 Å². The largest absolute Gasteiger partial charge is 0.463 e. The van der Waals surface area contributed by atoms with E-state index in [1.807, 2.05) is 12.1 Å². The highest BCUT2D eigenvalue weighted by Crippen LogP contribution is 2.29. The van der Waals surface area contributed by atoms with E-state index in [0.717, 1.165) is 95.6 Å². The predicted molar refractivity (Wildman–Crippen MR) is 223 cm³/mol. The minimum Gasteiger partial charge on any atom is -0.463 e. The molecule has 2 aromatic rings. The van der Waals surface area contributed by atoms with Crippen LogP contribution in [0.15, 0.2) is 73.8 Å². The number of carbonyl (C=O) groups excluding carboxylic acids is 4. The van der Waals surface area contributed by atoms with Crippen molar-refractivity contribution in [2.45, 2.75) is 141 Å². The first-order valence-electron chi connectivity index (χ1n) is 21.2. The van der Waals surface area contributed by atoms with Gasteiger partial charge in [-0.15, -0.1) is 0 Å². The maximum absolute atomic E-state index is 12.9. The third kappa shape index (κ3) is 21.4. The van der Waals surface area contributed by atoms with E-state index in [9.17, 15) is 19.2 Å².